The summed E-state index contributed by atoms with van der Waals surface area (Å²) in [6.45, 7) is 1.22. The molecule has 2 aliphatic rings. The predicted molar refractivity (Wildman–Crippen MR) is 93.8 cm³/mol. The molecule has 5 nitrogen and oxygen atoms in total. The Balaban J connectivity index is 2.26. The van der Waals surface area contributed by atoms with Crippen molar-refractivity contribution in [1.29, 1.82) is 21.2 Å². The normalized spacial score (nSPS) is 28.0. The van der Waals surface area contributed by atoms with Gasteiger partial charge in [-0.05, 0) is 24.3 Å². The average molecular weight is 350 g/mol. The van der Waals surface area contributed by atoms with Gasteiger partial charge < -0.3 is 10.3 Å². The molecule has 1 heterocycles. The van der Waals surface area contributed by atoms with Gasteiger partial charge in [0.15, 0.2) is 0 Å². The number of rotatable bonds is 1. The van der Waals surface area contributed by atoms with Crippen LogP contribution in [0.4, 0.5) is 0 Å². The summed E-state index contributed by atoms with van der Waals surface area (Å²) in [5, 5.41) is 38.3. The van der Waals surface area contributed by atoms with Gasteiger partial charge in [-0.3, -0.25) is 0 Å². The Hall–Kier alpha value is -2.65. The Kier molecular flexibility index (Phi) is 4.36. The zero-order valence-electron chi connectivity index (χ0n) is 13.7. The first kappa shape index (κ1) is 17.2. The molecule has 0 bridgehead atoms. The number of likely N-dealkylation sites (N-methyl/N-ethyl adjacent to an activating group) is 1. The zero-order chi connectivity index (χ0) is 18.2. The van der Waals surface area contributed by atoms with Crippen LogP contribution in [0, 0.1) is 56.7 Å². The van der Waals surface area contributed by atoms with Gasteiger partial charge in [0.2, 0.25) is 5.41 Å². The van der Waals surface area contributed by atoms with Crippen molar-refractivity contribution in [3.05, 3.63) is 46.5 Å². The van der Waals surface area contributed by atoms with E-state index in [-0.39, 0.29) is 17.5 Å². The van der Waals surface area contributed by atoms with E-state index in [2.05, 4.69) is 11.0 Å². The largest absolute Gasteiger partial charge is 0.305 e. The zero-order valence-corrected chi connectivity index (χ0v) is 14.5. The first-order valence-electron chi connectivity index (χ1n) is 7.94. The van der Waals surface area contributed by atoms with Crippen molar-refractivity contribution in [2.24, 2.45) is 17.3 Å². The molecule has 1 aromatic carbocycles. The van der Waals surface area contributed by atoms with Crippen molar-refractivity contribution in [3.63, 3.8) is 0 Å². The van der Waals surface area contributed by atoms with Gasteiger partial charge >= 0.3 is 0 Å². The van der Waals surface area contributed by atoms with E-state index < -0.39 is 11.3 Å². The molecule has 3 rings (SSSR count). The summed E-state index contributed by atoms with van der Waals surface area (Å²) < 4.78 is 0. The van der Waals surface area contributed by atoms with Crippen LogP contribution in [-0.4, -0.2) is 30.7 Å². The molecule has 1 fully saturated rings. The van der Waals surface area contributed by atoms with Crippen LogP contribution < -0.4 is 0 Å². The number of benzene rings is 1. The molecule has 1 aliphatic carbocycles. The maximum absolute atomic E-state index is 9.78. The van der Waals surface area contributed by atoms with Crippen molar-refractivity contribution in [2.45, 2.75) is 5.92 Å². The van der Waals surface area contributed by atoms with Crippen LogP contribution in [0.1, 0.15) is 11.5 Å². The monoisotopic (exact) mass is 349 g/mol. The van der Waals surface area contributed by atoms with Crippen LogP contribution >= 0.6 is 11.6 Å². The first-order valence-corrected chi connectivity index (χ1v) is 8.32. The number of nitriles is 3. The standard InChI is InChI=1S/C19H16ClN5/c1-25-7-6-15-14(9-25)17(12-4-2-3-5-16(12)20)13(8-21)18(24)19(15,10-22)11-23/h2-6,13-14,17,24H,7,9H2,1H3/t13-,14-,17-/m1/s1. The number of halogens is 1. The highest BCUT2D eigenvalue weighted by Gasteiger charge is 2.56. The highest BCUT2D eigenvalue weighted by atomic mass is 35.5. The second-order valence-corrected chi connectivity index (χ2v) is 6.94. The van der Waals surface area contributed by atoms with Crippen molar-refractivity contribution in [2.75, 3.05) is 20.1 Å². The Morgan fingerprint density at radius 3 is 2.52 bits per heavy atom. The summed E-state index contributed by atoms with van der Waals surface area (Å²) in [6, 6.07) is 13.5. The molecule has 124 valence electrons. The molecule has 0 amide bonds. The molecule has 1 aliphatic heterocycles. The lowest BCUT2D eigenvalue weighted by Gasteiger charge is -2.47. The number of nitrogens with one attached hydrogen (secondary N) is 1. The van der Waals surface area contributed by atoms with Crippen molar-refractivity contribution in [3.8, 4) is 18.2 Å². The molecule has 0 unspecified atom stereocenters. The quantitative estimate of drug-likeness (QED) is 0.787. The van der Waals surface area contributed by atoms with E-state index in [0.29, 0.717) is 23.7 Å². The number of hydrogen-bond donors (Lipinski definition) is 1. The van der Waals surface area contributed by atoms with Crippen molar-refractivity contribution < 1.29 is 0 Å². The van der Waals surface area contributed by atoms with Crippen molar-refractivity contribution >= 4 is 17.3 Å². The lowest BCUT2D eigenvalue weighted by Crippen LogP contribution is -2.51. The molecule has 6 heteroatoms. The Morgan fingerprint density at radius 1 is 1.24 bits per heavy atom. The second kappa shape index (κ2) is 6.34. The van der Waals surface area contributed by atoms with Gasteiger partial charge in [0, 0.05) is 29.9 Å². The third-order valence-electron chi connectivity index (χ3n) is 5.21. The van der Waals surface area contributed by atoms with E-state index in [1.165, 1.54) is 0 Å². The maximum Gasteiger partial charge on any atom is 0.203 e. The second-order valence-electron chi connectivity index (χ2n) is 6.53. The molecule has 1 N–H and O–H groups in total. The predicted octanol–water partition coefficient (Wildman–Crippen LogP) is 3.12. The topological polar surface area (TPSA) is 98.5 Å². The van der Waals surface area contributed by atoms with Crippen molar-refractivity contribution in [1.82, 2.24) is 4.90 Å². The molecule has 25 heavy (non-hydrogen) atoms. The van der Waals surface area contributed by atoms with E-state index in [1.54, 1.807) is 6.07 Å². The van der Waals surface area contributed by atoms with E-state index in [0.717, 1.165) is 5.56 Å². The first-order chi connectivity index (χ1) is 12.0. The van der Waals surface area contributed by atoms with Gasteiger partial charge in [-0.2, -0.15) is 15.8 Å². The van der Waals surface area contributed by atoms with Gasteiger partial charge in [-0.15, -0.1) is 0 Å². The van der Waals surface area contributed by atoms with Gasteiger partial charge in [-0.1, -0.05) is 35.9 Å². The van der Waals surface area contributed by atoms with E-state index in [9.17, 15) is 15.8 Å². The number of hydrogen-bond acceptors (Lipinski definition) is 5. The molecular formula is C19H16ClN5. The molecule has 3 atom stereocenters. The fraction of sp³-hybridized carbons (Fsp3) is 0.368. The van der Waals surface area contributed by atoms with E-state index in [4.69, 9.17) is 17.0 Å². The number of fused-ring (bicyclic) bond motifs is 1. The smallest absolute Gasteiger partial charge is 0.203 e. The summed E-state index contributed by atoms with van der Waals surface area (Å²) in [5.41, 5.74) is -0.380. The van der Waals surface area contributed by atoms with Crippen LogP contribution in [0.2, 0.25) is 5.02 Å². The van der Waals surface area contributed by atoms with Crippen LogP contribution in [0.5, 0.6) is 0 Å². The lowest BCUT2D eigenvalue weighted by molar-refractivity contribution is 0.244. The molecule has 1 aromatic rings. The minimum absolute atomic E-state index is 0.142. The Bertz CT molecular complexity index is 868. The molecule has 0 spiro atoms. The minimum Gasteiger partial charge on any atom is -0.305 e. The molecule has 0 radical (unpaired) electrons. The SMILES string of the molecule is CN1CC=C2[C@@H](C1)[C@H](c1ccccc1Cl)[C@@H](C#N)C(=N)C2(C#N)C#N. The fourth-order valence-electron chi connectivity index (χ4n) is 4.01. The molecule has 0 saturated heterocycles. The van der Waals surface area contributed by atoms with E-state index in [1.807, 2.05) is 43.5 Å². The summed E-state index contributed by atoms with van der Waals surface area (Å²) in [5.74, 6) is -1.43. The Morgan fingerprint density at radius 2 is 1.92 bits per heavy atom. The highest BCUT2D eigenvalue weighted by Crippen LogP contribution is 2.53. The third-order valence-corrected chi connectivity index (χ3v) is 5.55. The number of nitrogens with zero attached hydrogens (tertiary/aromatic N) is 4. The molecular weight excluding hydrogens is 334 g/mol. The van der Waals surface area contributed by atoms with Crippen LogP contribution in [0.3, 0.4) is 0 Å². The summed E-state index contributed by atoms with van der Waals surface area (Å²) >= 11 is 6.39. The highest BCUT2D eigenvalue weighted by molar-refractivity contribution is 6.31. The lowest BCUT2D eigenvalue weighted by atomic mass is 9.55. The summed E-state index contributed by atoms with van der Waals surface area (Å²) in [7, 11) is 1.96. The summed E-state index contributed by atoms with van der Waals surface area (Å²) in [6.07, 6.45) is 1.87. The van der Waals surface area contributed by atoms with Gasteiger partial charge in [-0.25, -0.2) is 0 Å². The summed E-state index contributed by atoms with van der Waals surface area (Å²) in [4.78, 5) is 2.08. The Labute approximate surface area is 151 Å². The fourth-order valence-corrected chi connectivity index (χ4v) is 4.28. The molecule has 1 saturated carbocycles. The van der Waals surface area contributed by atoms with Gasteiger partial charge in [0.1, 0.15) is 0 Å². The van der Waals surface area contributed by atoms with Crippen LogP contribution in [-0.2, 0) is 0 Å². The van der Waals surface area contributed by atoms with Gasteiger partial charge in [0.05, 0.1) is 29.8 Å². The third kappa shape index (κ3) is 2.43. The maximum atomic E-state index is 9.78. The minimum atomic E-state index is -1.66. The average Bonchev–Trinajstić information content (AvgIpc) is 2.62. The molecule has 0 aromatic heterocycles. The van der Waals surface area contributed by atoms with Crippen LogP contribution in [0.25, 0.3) is 0 Å². The van der Waals surface area contributed by atoms with Gasteiger partial charge in [0.25, 0.3) is 0 Å². The van der Waals surface area contributed by atoms with Crippen LogP contribution in [0.15, 0.2) is 35.9 Å². The van der Waals surface area contributed by atoms with E-state index >= 15 is 0 Å².